The summed E-state index contributed by atoms with van der Waals surface area (Å²) < 4.78 is 0. The zero-order valence-electron chi connectivity index (χ0n) is 18.6. The quantitative estimate of drug-likeness (QED) is 0.221. The van der Waals surface area contributed by atoms with E-state index in [4.69, 9.17) is 0 Å². The van der Waals surface area contributed by atoms with Gasteiger partial charge in [0, 0.05) is 6.42 Å². The van der Waals surface area contributed by atoms with Crippen LogP contribution in [0.25, 0.3) is 0 Å². The smallest absolute Gasteiger partial charge is 0.221 e. The Morgan fingerprint density at radius 3 is 1.58 bits per heavy atom. The Morgan fingerprint density at radius 1 is 0.769 bits per heavy atom. The molecule has 0 aliphatic heterocycles. The van der Waals surface area contributed by atoms with Crippen molar-refractivity contribution in [2.45, 2.75) is 123 Å². The molecule has 1 N–H and O–H groups in total. The van der Waals surface area contributed by atoms with E-state index in [2.05, 4.69) is 31.0 Å². The van der Waals surface area contributed by atoms with E-state index in [1.165, 1.54) is 77.0 Å². The van der Waals surface area contributed by atoms with Crippen molar-refractivity contribution in [2.24, 2.45) is 5.92 Å². The van der Waals surface area contributed by atoms with Gasteiger partial charge >= 0.3 is 0 Å². The van der Waals surface area contributed by atoms with Crippen molar-refractivity contribution in [3.63, 3.8) is 0 Å². The van der Waals surface area contributed by atoms with Gasteiger partial charge in [0.15, 0.2) is 0 Å². The average molecular weight is 369 g/mol. The van der Waals surface area contributed by atoms with E-state index in [1.54, 1.807) is 0 Å². The van der Waals surface area contributed by atoms with E-state index in [0.717, 1.165) is 18.8 Å². The zero-order chi connectivity index (χ0) is 19.6. The molecule has 0 aromatic rings. The van der Waals surface area contributed by atoms with Crippen LogP contribution in [0, 0.1) is 5.92 Å². The summed E-state index contributed by atoms with van der Waals surface area (Å²) in [4.78, 5) is 14.0. The van der Waals surface area contributed by atoms with E-state index < -0.39 is 0 Å². The van der Waals surface area contributed by atoms with E-state index in [1.807, 2.05) is 14.1 Å². The maximum atomic E-state index is 11.9. The lowest BCUT2D eigenvalue weighted by Gasteiger charge is -2.23. The molecular formula is C23H48N2O. The number of nitrogens with zero attached hydrogens (tertiary/aromatic N) is 1. The fraction of sp³-hybridized carbons (Fsp3) is 0.957. The highest BCUT2D eigenvalue weighted by Gasteiger charge is 2.11. The summed E-state index contributed by atoms with van der Waals surface area (Å²) in [5.41, 5.74) is 0. The first-order valence-corrected chi connectivity index (χ1v) is 11.4. The summed E-state index contributed by atoms with van der Waals surface area (Å²) in [6.07, 6.45) is 19.4. The first-order chi connectivity index (χ1) is 12.5. The van der Waals surface area contributed by atoms with Gasteiger partial charge in [0.2, 0.25) is 5.91 Å². The fourth-order valence-corrected chi connectivity index (χ4v) is 3.46. The molecule has 3 nitrogen and oxygen atoms in total. The highest BCUT2D eigenvalue weighted by atomic mass is 16.1. The van der Waals surface area contributed by atoms with Gasteiger partial charge in [0.25, 0.3) is 0 Å². The molecule has 0 aromatic heterocycles. The Balaban J connectivity index is 3.28. The molecule has 0 aliphatic carbocycles. The fourth-order valence-electron chi connectivity index (χ4n) is 3.46. The largest absolute Gasteiger partial charge is 0.341 e. The molecule has 1 unspecified atom stereocenters. The third-order valence-corrected chi connectivity index (χ3v) is 5.27. The minimum atomic E-state index is 0.178. The van der Waals surface area contributed by atoms with Crippen LogP contribution in [0.5, 0.6) is 0 Å². The lowest BCUT2D eigenvalue weighted by atomic mass is 10.0. The molecule has 0 rings (SSSR count). The molecule has 1 amide bonds. The second kappa shape index (κ2) is 17.8. The van der Waals surface area contributed by atoms with Crippen LogP contribution < -0.4 is 5.32 Å². The highest BCUT2D eigenvalue weighted by molar-refractivity contribution is 5.76. The van der Waals surface area contributed by atoms with Gasteiger partial charge in [-0.3, -0.25) is 9.69 Å². The van der Waals surface area contributed by atoms with Gasteiger partial charge in [-0.25, -0.2) is 0 Å². The van der Waals surface area contributed by atoms with Crippen LogP contribution in [0.2, 0.25) is 0 Å². The SMILES string of the molecule is CCC(NC(=O)CCCCCCCCCCCCCCC(C)C)N(C)C. The molecule has 0 aliphatic rings. The van der Waals surface area contributed by atoms with Gasteiger partial charge < -0.3 is 5.32 Å². The van der Waals surface area contributed by atoms with Gasteiger partial charge in [0.05, 0.1) is 6.17 Å². The summed E-state index contributed by atoms with van der Waals surface area (Å²) in [7, 11) is 4.03. The maximum Gasteiger partial charge on any atom is 0.221 e. The molecule has 0 heterocycles. The van der Waals surface area contributed by atoms with Crippen LogP contribution in [0.3, 0.4) is 0 Å². The molecular weight excluding hydrogens is 320 g/mol. The number of hydrogen-bond acceptors (Lipinski definition) is 2. The third kappa shape index (κ3) is 16.9. The zero-order valence-corrected chi connectivity index (χ0v) is 18.6. The number of hydrogen-bond donors (Lipinski definition) is 1. The van der Waals surface area contributed by atoms with Crippen molar-refractivity contribution in [2.75, 3.05) is 14.1 Å². The van der Waals surface area contributed by atoms with Crippen molar-refractivity contribution in [3.05, 3.63) is 0 Å². The van der Waals surface area contributed by atoms with Gasteiger partial charge in [-0.05, 0) is 32.9 Å². The van der Waals surface area contributed by atoms with Gasteiger partial charge in [-0.2, -0.15) is 0 Å². The lowest BCUT2D eigenvalue weighted by Crippen LogP contribution is -2.44. The van der Waals surface area contributed by atoms with Crippen LogP contribution in [0.1, 0.15) is 117 Å². The Bertz CT molecular complexity index is 315. The van der Waals surface area contributed by atoms with Gasteiger partial charge in [-0.1, -0.05) is 97.8 Å². The summed E-state index contributed by atoms with van der Waals surface area (Å²) in [5, 5.41) is 3.10. The molecule has 1 atom stereocenters. The van der Waals surface area contributed by atoms with Crippen molar-refractivity contribution in [3.8, 4) is 0 Å². The first-order valence-electron chi connectivity index (χ1n) is 11.4. The maximum absolute atomic E-state index is 11.9. The van der Waals surface area contributed by atoms with Crippen molar-refractivity contribution >= 4 is 5.91 Å². The molecule has 0 saturated carbocycles. The van der Waals surface area contributed by atoms with Crippen LogP contribution in [-0.4, -0.2) is 31.1 Å². The molecule has 3 heteroatoms. The summed E-state index contributed by atoms with van der Waals surface area (Å²) >= 11 is 0. The standard InChI is InChI=1S/C23H48N2O/c1-6-22(25(4)5)24-23(26)20-18-16-14-12-10-8-7-9-11-13-15-17-19-21(2)3/h21-22H,6-20H2,1-5H3,(H,24,26). The molecule has 26 heavy (non-hydrogen) atoms. The van der Waals surface area contributed by atoms with Crippen molar-refractivity contribution in [1.29, 1.82) is 0 Å². The highest BCUT2D eigenvalue weighted by Crippen LogP contribution is 2.14. The Morgan fingerprint density at radius 2 is 1.19 bits per heavy atom. The topological polar surface area (TPSA) is 32.3 Å². The predicted molar refractivity (Wildman–Crippen MR) is 115 cm³/mol. The predicted octanol–water partition coefficient (Wildman–Crippen LogP) is 6.52. The number of nitrogens with one attached hydrogen (secondary N) is 1. The van der Waals surface area contributed by atoms with Crippen LogP contribution in [-0.2, 0) is 4.79 Å². The summed E-state index contributed by atoms with van der Waals surface area (Å²) in [6.45, 7) is 6.75. The number of carbonyl (C=O) groups excluding carboxylic acids is 1. The lowest BCUT2D eigenvalue weighted by molar-refractivity contribution is -0.123. The van der Waals surface area contributed by atoms with Gasteiger partial charge in [0.1, 0.15) is 0 Å². The van der Waals surface area contributed by atoms with Gasteiger partial charge in [-0.15, -0.1) is 0 Å². The minimum absolute atomic E-state index is 0.178. The number of rotatable bonds is 18. The Kier molecular flexibility index (Phi) is 17.4. The summed E-state index contributed by atoms with van der Waals surface area (Å²) in [5.74, 6) is 1.08. The van der Waals surface area contributed by atoms with E-state index in [9.17, 15) is 4.79 Å². The third-order valence-electron chi connectivity index (χ3n) is 5.27. The van der Waals surface area contributed by atoms with Crippen molar-refractivity contribution in [1.82, 2.24) is 10.2 Å². The normalized spacial score (nSPS) is 12.7. The van der Waals surface area contributed by atoms with E-state index in [0.29, 0.717) is 6.42 Å². The average Bonchev–Trinajstić information content (AvgIpc) is 2.59. The van der Waals surface area contributed by atoms with Crippen molar-refractivity contribution < 1.29 is 4.79 Å². The van der Waals surface area contributed by atoms with E-state index >= 15 is 0 Å². The number of carbonyl (C=O) groups is 1. The molecule has 0 bridgehead atoms. The Labute approximate surface area is 164 Å². The monoisotopic (exact) mass is 368 g/mol. The number of unbranched alkanes of at least 4 members (excludes halogenated alkanes) is 11. The molecule has 0 radical (unpaired) electrons. The minimum Gasteiger partial charge on any atom is -0.341 e. The molecule has 0 fully saturated rings. The van der Waals surface area contributed by atoms with Crippen LogP contribution in [0.15, 0.2) is 0 Å². The Hall–Kier alpha value is -0.570. The molecule has 0 saturated heterocycles. The van der Waals surface area contributed by atoms with Crippen LogP contribution in [0.4, 0.5) is 0 Å². The second-order valence-electron chi connectivity index (χ2n) is 8.63. The molecule has 156 valence electrons. The van der Waals surface area contributed by atoms with Crippen LogP contribution >= 0.6 is 0 Å². The first kappa shape index (κ1) is 25.4. The molecule has 0 spiro atoms. The number of amides is 1. The second-order valence-corrected chi connectivity index (χ2v) is 8.63. The molecule has 0 aromatic carbocycles. The van der Waals surface area contributed by atoms with E-state index in [-0.39, 0.29) is 12.1 Å². The summed E-state index contributed by atoms with van der Waals surface area (Å²) in [6, 6.07) is 0.